The first-order chi connectivity index (χ1) is 9.49. The van der Waals surface area contributed by atoms with Crippen LogP contribution in [-0.4, -0.2) is 15.9 Å². The van der Waals surface area contributed by atoms with E-state index in [0.717, 1.165) is 0 Å². The molecule has 2 N–H and O–H groups in total. The largest absolute Gasteiger partial charge is 0.508 e. The summed E-state index contributed by atoms with van der Waals surface area (Å²) in [4.78, 5) is 22.4. The van der Waals surface area contributed by atoms with Gasteiger partial charge >= 0.3 is 0 Å². The number of aromatic hydroxyl groups is 1. The fraction of sp³-hybridized carbons (Fsp3) is 0.0714. The second-order valence-electron chi connectivity index (χ2n) is 4.21. The van der Waals surface area contributed by atoms with E-state index in [0.29, 0.717) is 11.3 Å². The van der Waals surface area contributed by atoms with Crippen molar-refractivity contribution in [2.45, 2.75) is 6.92 Å². The molecule has 0 atom stereocenters. The van der Waals surface area contributed by atoms with Crippen molar-refractivity contribution in [1.29, 1.82) is 0 Å². The van der Waals surface area contributed by atoms with Gasteiger partial charge in [-0.15, -0.1) is 0 Å². The third-order valence-corrected chi connectivity index (χ3v) is 2.85. The Labute approximate surface area is 114 Å². The van der Waals surface area contributed by atoms with Crippen molar-refractivity contribution in [3.05, 3.63) is 63.7 Å². The summed E-state index contributed by atoms with van der Waals surface area (Å²) in [5, 5.41) is 22.8. The molecule has 0 aliphatic heterocycles. The van der Waals surface area contributed by atoms with Crippen LogP contribution >= 0.6 is 0 Å². The maximum atomic E-state index is 12.1. The van der Waals surface area contributed by atoms with Crippen LogP contribution in [0.25, 0.3) is 0 Å². The molecular formula is C14H12N2O4. The van der Waals surface area contributed by atoms with Gasteiger partial charge in [0.15, 0.2) is 0 Å². The van der Waals surface area contributed by atoms with Crippen LogP contribution in [0.2, 0.25) is 0 Å². The lowest BCUT2D eigenvalue weighted by Crippen LogP contribution is -2.14. The molecule has 0 saturated heterocycles. The Hall–Kier alpha value is -2.89. The Kier molecular flexibility index (Phi) is 3.65. The lowest BCUT2D eigenvalue weighted by molar-refractivity contribution is -0.385. The number of hydrogen-bond donors (Lipinski definition) is 2. The molecule has 2 aromatic carbocycles. The Balaban J connectivity index is 2.30. The monoisotopic (exact) mass is 272 g/mol. The highest BCUT2D eigenvalue weighted by molar-refractivity contribution is 6.05. The Morgan fingerprint density at radius 2 is 1.95 bits per heavy atom. The van der Waals surface area contributed by atoms with Crippen molar-refractivity contribution in [3.8, 4) is 5.75 Å². The summed E-state index contributed by atoms with van der Waals surface area (Å²) in [6, 6.07) is 10.4. The van der Waals surface area contributed by atoms with E-state index >= 15 is 0 Å². The third-order valence-electron chi connectivity index (χ3n) is 2.85. The molecule has 102 valence electrons. The number of amides is 1. The van der Waals surface area contributed by atoms with Gasteiger partial charge in [-0.3, -0.25) is 14.9 Å². The van der Waals surface area contributed by atoms with Gasteiger partial charge < -0.3 is 10.4 Å². The van der Waals surface area contributed by atoms with Gasteiger partial charge in [0.2, 0.25) is 0 Å². The predicted molar refractivity (Wildman–Crippen MR) is 73.9 cm³/mol. The second-order valence-corrected chi connectivity index (χ2v) is 4.21. The van der Waals surface area contributed by atoms with Gasteiger partial charge in [0, 0.05) is 28.9 Å². The van der Waals surface area contributed by atoms with Crippen molar-refractivity contribution in [2.75, 3.05) is 5.32 Å². The number of phenolic OH excluding ortho intramolecular Hbond substituents is 1. The normalized spacial score (nSPS) is 10.1. The van der Waals surface area contributed by atoms with E-state index in [1.54, 1.807) is 12.1 Å². The van der Waals surface area contributed by atoms with Gasteiger partial charge in [-0.1, -0.05) is 12.1 Å². The number of phenols is 1. The van der Waals surface area contributed by atoms with E-state index in [-0.39, 0.29) is 17.0 Å². The van der Waals surface area contributed by atoms with Crippen LogP contribution in [0.4, 0.5) is 11.4 Å². The number of anilines is 1. The molecule has 0 aliphatic carbocycles. The minimum atomic E-state index is -0.527. The highest BCUT2D eigenvalue weighted by Gasteiger charge is 2.17. The summed E-state index contributed by atoms with van der Waals surface area (Å²) in [5.74, 6) is -0.435. The number of nitrogens with zero attached hydrogens (tertiary/aromatic N) is 1. The number of nitro benzene ring substituents is 1. The van der Waals surface area contributed by atoms with Crippen LogP contribution in [0.5, 0.6) is 5.75 Å². The van der Waals surface area contributed by atoms with E-state index in [4.69, 9.17) is 0 Å². The van der Waals surface area contributed by atoms with Crippen molar-refractivity contribution >= 4 is 17.3 Å². The van der Waals surface area contributed by atoms with Gasteiger partial charge in [0.1, 0.15) is 5.75 Å². The molecule has 1 amide bonds. The molecule has 2 rings (SSSR count). The van der Waals surface area contributed by atoms with Gasteiger partial charge in [0.25, 0.3) is 11.6 Å². The first kappa shape index (κ1) is 13.5. The summed E-state index contributed by atoms with van der Waals surface area (Å²) in [7, 11) is 0. The smallest absolute Gasteiger partial charge is 0.273 e. The zero-order valence-electron chi connectivity index (χ0n) is 10.7. The van der Waals surface area contributed by atoms with Crippen LogP contribution < -0.4 is 5.32 Å². The first-order valence-corrected chi connectivity index (χ1v) is 5.83. The molecule has 6 nitrogen and oxygen atoms in total. The fourth-order valence-corrected chi connectivity index (χ4v) is 1.85. The summed E-state index contributed by atoms with van der Waals surface area (Å²) in [6.45, 7) is 1.52. The molecule has 0 radical (unpaired) electrons. The zero-order valence-corrected chi connectivity index (χ0v) is 10.7. The molecule has 0 bridgehead atoms. The fourth-order valence-electron chi connectivity index (χ4n) is 1.85. The summed E-state index contributed by atoms with van der Waals surface area (Å²) in [6.07, 6.45) is 0. The Morgan fingerprint density at radius 1 is 1.25 bits per heavy atom. The molecule has 0 aliphatic rings. The van der Waals surface area contributed by atoms with Crippen molar-refractivity contribution in [3.63, 3.8) is 0 Å². The lowest BCUT2D eigenvalue weighted by atomic mass is 10.1. The number of rotatable bonds is 3. The van der Waals surface area contributed by atoms with Crippen molar-refractivity contribution in [2.24, 2.45) is 0 Å². The summed E-state index contributed by atoms with van der Waals surface area (Å²) >= 11 is 0. The highest BCUT2D eigenvalue weighted by Crippen LogP contribution is 2.22. The quantitative estimate of drug-likeness (QED) is 0.663. The molecule has 0 spiro atoms. The number of benzene rings is 2. The maximum Gasteiger partial charge on any atom is 0.273 e. The molecule has 0 heterocycles. The van der Waals surface area contributed by atoms with E-state index in [1.807, 2.05) is 0 Å². The molecule has 0 fully saturated rings. The molecule has 0 saturated carbocycles. The SMILES string of the molecule is Cc1c(C(=O)Nc2cccc(O)c2)cccc1[N+](=O)[O-]. The van der Waals surface area contributed by atoms with E-state index < -0.39 is 10.8 Å². The van der Waals surface area contributed by atoms with Gasteiger partial charge in [-0.2, -0.15) is 0 Å². The maximum absolute atomic E-state index is 12.1. The summed E-state index contributed by atoms with van der Waals surface area (Å²) in [5.41, 5.74) is 0.840. The molecule has 0 aromatic heterocycles. The van der Waals surface area contributed by atoms with Crippen LogP contribution in [0.15, 0.2) is 42.5 Å². The average molecular weight is 272 g/mol. The van der Waals surface area contributed by atoms with Gasteiger partial charge in [-0.25, -0.2) is 0 Å². The minimum absolute atomic E-state index is 0.0264. The standard InChI is InChI=1S/C14H12N2O4/c1-9-12(6-3-7-13(9)16(19)20)14(18)15-10-4-2-5-11(17)8-10/h2-8,17H,1H3,(H,15,18). The summed E-state index contributed by atoms with van der Waals surface area (Å²) < 4.78 is 0. The molecule has 0 unspecified atom stereocenters. The number of nitrogens with one attached hydrogen (secondary N) is 1. The van der Waals surface area contributed by atoms with E-state index in [1.165, 1.54) is 37.3 Å². The van der Waals surface area contributed by atoms with Crippen LogP contribution in [0, 0.1) is 17.0 Å². The Morgan fingerprint density at radius 3 is 2.60 bits per heavy atom. The number of carbonyl (C=O) groups is 1. The minimum Gasteiger partial charge on any atom is -0.508 e. The van der Waals surface area contributed by atoms with Crippen LogP contribution in [-0.2, 0) is 0 Å². The second kappa shape index (κ2) is 5.40. The number of nitro groups is 1. The third kappa shape index (κ3) is 2.74. The first-order valence-electron chi connectivity index (χ1n) is 5.83. The molecular weight excluding hydrogens is 260 g/mol. The topological polar surface area (TPSA) is 92.5 Å². The van der Waals surface area contributed by atoms with Gasteiger partial charge in [-0.05, 0) is 25.1 Å². The predicted octanol–water partition coefficient (Wildman–Crippen LogP) is 2.86. The highest BCUT2D eigenvalue weighted by atomic mass is 16.6. The Bertz CT molecular complexity index is 683. The molecule has 20 heavy (non-hydrogen) atoms. The lowest BCUT2D eigenvalue weighted by Gasteiger charge is -2.08. The molecule has 2 aromatic rings. The van der Waals surface area contributed by atoms with Crippen LogP contribution in [0.1, 0.15) is 15.9 Å². The van der Waals surface area contributed by atoms with Crippen LogP contribution in [0.3, 0.4) is 0 Å². The van der Waals surface area contributed by atoms with E-state index in [9.17, 15) is 20.0 Å². The van der Waals surface area contributed by atoms with Gasteiger partial charge in [0.05, 0.1) is 4.92 Å². The average Bonchev–Trinajstić information content (AvgIpc) is 2.38. The van der Waals surface area contributed by atoms with Crippen molar-refractivity contribution in [1.82, 2.24) is 0 Å². The molecule has 6 heteroatoms. The number of carbonyl (C=O) groups excluding carboxylic acids is 1. The van der Waals surface area contributed by atoms with Crippen molar-refractivity contribution < 1.29 is 14.8 Å². The zero-order chi connectivity index (χ0) is 14.7. The van der Waals surface area contributed by atoms with E-state index in [2.05, 4.69) is 5.32 Å². The number of hydrogen-bond acceptors (Lipinski definition) is 4.